The minimum absolute atomic E-state index is 0.277. The number of fused-ring (bicyclic) bond motifs is 1. The fraction of sp³-hybridized carbons (Fsp3) is 0.476. The molecule has 0 spiro atoms. The van der Waals surface area contributed by atoms with E-state index in [1.807, 2.05) is 12.3 Å². The molecule has 2 aliphatic heterocycles. The summed E-state index contributed by atoms with van der Waals surface area (Å²) in [7, 11) is 0. The molecule has 0 amide bonds. The standard InChI is InChI=1S/C21H26N6O2/c1-14-12-22-20(16-3-4-23-25-16)21-19(14)17(26-5-8-28-9-6-26)11-18(24-21)27-7-10-29-13-15(27)2/h3-4,11-12,15H,5-10,13H2,1-2H3,(H,23,25)/t15-/m1/s1. The summed E-state index contributed by atoms with van der Waals surface area (Å²) in [5, 5.41) is 8.32. The van der Waals surface area contributed by atoms with Crippen molar-refractivity contribution >= 4 is 22.4 Å². The number of hydrogen-bond donors (Lipinski definition) is 1. The molecule has 0 radical (unpaired) electrons. The van der Waals surface area contributed by atoms with Crippen molar-refractivity contribution in [1.29, 1.82) is 0 Å². The number of aryl methyl sites for hydroxylation is 1. The lowest BCUT2D eigenvalue weighted by Gasteiger charge is -2.36. The summed E-state index contributed by atoms with van der Waals surface area (Å²) >= 11 is 0. The number of nitrogens with one attached hydrogen (secondary N) is 1. The minimum Gasteiger partial charge on any atom is -0.378 e. The minimum atomic E-state index is 0.277. The van der Waals surface area contributed by atoms with Crippen molar-refractivity contribution in [3.8, 4) is 11.4 Å². The summed E-state index contributed by atoms with van der Waals surface area (Å²) < 4.78 is 11.2. The number of aromatic amines is 1. The van der Waals surface area contributed by atoms with Gasteiger partial charge in [0.05, 0.1) is 43.9 Å². The summed E-state index contributed by atoms with van der Waals surface area (Å²) in [6.07, 6.45) is 3.68. The maximum absolute atomic E-state index is 5.65. The number of anilines is 2. The van der Waals surface area contributed by atoms with Gasteiger partial charge in [-0.2, -0.15) is 5.10 Å². The van der Waals surface area contributed by atoms with Crippen molar-refractivity contribution in [3.63, 3.8) is 0 Å². The quantitative estimate of drug-likeness (QED) is 0.731. The fourth-order valence-electron chi connectivity index (χ4n) is 4.22. The molecule has 5 heterocycles. The van der Waals surface area contributed by atoms with Crippen LogP contribution >= 0.6 is 0 Å². The Bertz CT molecular complexity index is 1000. The Morgan fingerprint density at radius 2 is 1.97 bits per heavy atom. The first-order chi connectivity index (χ1) is 14.2. The maximum atomic E-state index is 5.65. The maximum Gasteiger partial charge on any atom is 0.131 e. The summed E-state index contributed by atoms with van der Waals surface area (Å²) in [4.78, 5) is 14.6. The van der Waals surface area contributed by atoms with Gasteiger partial charge in [-0.3, -0.25) is 10.1 Å². The monoisotopic (exact) mass is 394 g/mol. The van der Waals surface area contributed by atoms with Crippen molar-refractivity contribution < 1.29 is 9.47 Å². The predicted octanol–water partition coefficient (Wildman–Crippen LogP) is 2.39. The summed E-state index contributed by atoms with van der Waals surface area (Å²) in [5.41, 5.74) is 4.95. The van der Waals surface area contributed by atoms with Crippen LogP contribution in [0, 0.1) is 6.92 Å². The van der Waals surface area contributed by atoms with Crippen LogP contribution < -0.4 is 9.80 Å². The number of aromatic nitrogens is 4. The third kappa shape index (κ3) is 3.32. The zero-order chi connectivity index (χ0) is 19.8. The van der Waals surface area contributed by atoms with Gasteiger partial charge in [-0.15, -0.1) is 0 Å². The van der Waals surface area contributed by atoms with E-state index in [2.05, 4.69) is 39.9 Å². The molecule has 0 bridgehead atoms. The van der Waals surface area contributed by atoms with E-state index in [0.29, 0.717) is 6.61 Å². The van der Waals surface area contributed by atoms with Crippen LogP contribution in [0.2, 0.25) is 0 Å². The second-order valence-corrected chi connectivity index (χ2v) is 7.70. The Morgan fingerprint density at radius 3 is 2.72 bits per heavy atom. The topological polar surface area (TPSA) is 79.4 Å². The molecule has 2 saturated heterocycles. The van der Waals surface area contributed by atoms with Gasteiger partial charge < -0.3 is 19.3 Å². The molecule has 2 fully saturated rings. The Morgan fingerprint density at radius 1 is 1.14 bits per heavy atom. The summed E-state index contributed by atoms with van der Waals surface area (Å²) in [6, 6.07) is 4.45. The van der Waals surface area contributed by atoms with E-state index >= 15 is 0 Å². The van der Waals surface area contributed by atoms with Gasteiger partial charge in [0.25, 0.3) is 0 Å². The normalized spacial score (nSPS) is 20.4. The highest BCUT2D eigenvalue weighted by Crippen LogP contribution is 2.37. The zero-order valence-electron chi connectivity index (χ0n) is 16.9. The molecule has 5 rings (SSSR count). The third-order valence-electron chi connectivity index (χ3n) is 5.76. The van der Waals surface area contributed by atoms with Gasteiger partial charge in [0.1, 0.15) is 17.0 Å². The first-order valence-electron chi connectivity index (χ1n) is 10.2. The van der Waals surface area contributed by atoms with Gasteiger partial charge in [0.2, 0.25) is 0 Å². The third-order valence-corrected chi connectivity index (χ3v) is 5.76. The zero-order valence-corrected chi connectivity index (χ0v) is 16.9. The Hall–Kier alpha value is -2.71. The van der Waals surface area contributed by atoms with Gasteiger partial charge in [-0.05, 0) is 25.5 Å². The Labute approximate surface area is 169 Å². The average molecular weight is 394 g/mol. The van der Waals surface area contributed by atoms with E-state index in [1.54, 1.807) is 6.20 Å². The van der Waals surface area contributed by atoms with Crippen molar-refractivity contribution in [2.45, 2.75) is 19.9 Å². The highest BCUT2D eigenvalue weighted by molar-refractivity contribution is 6.02. The van der Waals surface area contributed by atoms with Gasteiger partial charge in [0.15, 0.2) is 0 Å². The van der Waals surface area contributed by atoms with Gasteiger partial charge in [0, 0.05) is 43.5 Å². The van der Waals surface area contributed by atoms with E-state index in [-0.39, 0.29) is 6.04 Å². The van der Waals surface area contributed by atoms with Crippen LogP contribution in [-0.2, 0) is 9.47 Å². The van der Waals surface area contributed by atoms with Gasteiger partial charge >= 0.3 is 0 Å². The summed E-state index contributed by atoms with van der Waals surface area (Å²) in [5.74, 6) is 0.975. The molecule has 0 unspecified atom stereocenters. The van der Waals surface area contributed by atoms with Crippen molar-refractivity contribution in [1.82, 2.24) is 20.2 Å². The summed E-state index contributed by atoms with van der Waals surface area (Å²) in [6.45, 7) is 9.79. The molecule has 152 valence electrons. The molecular formula is C21H26N6O2. The first kappa shape index (κ1) is 18.3. The van der Waals surface area contributed by atoms with E-state index in [4.69, 9.17) is 19.4 Å². The molecule has 8 heteroatoms. The largest absolute Gasteiger partial charge is 0.378 e. The van der Waals surface area contributed by atoms with Crippen LogP contribution in [0.1, 0.15) is 12.5 Å². The van der Waals surface area contributed by atoms with E-state index in [9.17, 15) is 0 Å². The first-order valence-corrected chi connectivity index (χ1v) is 10.2. The number of H-pyrrole nitrogens is 1. The molecule has 3 aromatic rings. The van der Waals surface area contributed by atoms with Crippen molar-refractivity contribution in [2.75, 3.05) is 55.9 Å². The van der Waals surface area contributed by atoms with E-state index < -0.39 is 0 Å². The SMILES string of the molecule is Cc1cnc(-c2ccn[nH]2)c2nc(N3CCOC[C@H]3C)cc(N3CCOCC3)c12. The number of morpholine rings is 2. The van der Waals surface area contributed by atoms with Crippen LogP contribution in [0.4, 0.5) is 11.5 Å². The molecule has 8 nitrogen and oxygen atoms in total. The fourth-order valence-corrected chi connectivity index (χ4v) is 4.22. The molecule has 0 aromatic carbocycles. The highest BCUT2D eigenvalue weighted by atomic mass is 16.5. The predicted molar refractivity (Wildman–Crippen MR) is 113 cm³/mol. The van der Waals surface area contributed by atoms with Crippen molar-refractivity contribution in [2.24, 2.45) is 0 Å². The number of pyridine rings is 2. The lowest BCUT2D eigenvalue weighted by Crippen LogP contribution is -2.44. The van der Waals surface area contributed by atoms with Crippen LogP contribution in [0.15, 0.2) is 24.5 Å². The molecular weight excluding hydrogens is 368 g/mol. The second-order valence-electron chi connectivity index (χ2n) is 7.70. The van der Waals surface area contributed by atoms with Gasteiger partial charge in [-0.25, -0.2) is 4.98 Å². The van der Waals surface area contributed by atoms with E-state index in [1.165, 1.54) is 5.69 Å². The van der Waals surface area contributed by atoms with Crippen molar-refractivity contribution in [3.05, 3.63) is 30.1 Å². The average Bonchev–Trinajstić information content (AvgIpc) is 3.29. The lowest BCUT2D eigenvalue weighted by molar-refractivity contribution is 0.0985. The number of hydrogen-bond acceptors (Lipinski definition) is 7. The molecule has 29 heavy (non-hydrogen) atoms. The van der Waals surface area contributed by atoms with E-state index in [0.717, 1.165) is 73.1 Å². The molecule has 0 aliphatic carbocycles. The highest BCUT2D eigenvalue weighted by Gasteiger charge is 2.25. The Kier molecular flexibility index (Phi) is 4.81. The van der Waals surface area contributed by atoms with Crippen LogP contribution in [0.3, 0.4) is 0 Å². The molecule has 1 atom stereocenters. The second kappa shape index (κ2) is 7.61. The molecule has 3 aromatic heterocycles. The molecule has 1 N–H and O–H groups in total. The lowest BCUT2D eigenvalue weighted by atomic mass is 10.1. The van der Waals surface area contributed by atoms with Crippen LogP contribution in [0.25, 0.3) is 22.3 Å². The Balaban J connectivity index is 1.75. The number of rotatable bonds is 3. The molecule has 0 saturated carbocycles. The number of ether oxygens (including phenoxy) is 2. The number of nitrogens with zero attached hydrogens (tertiary/aromatic N) is 5. The van der Waals surface area contributed by atoms with Crippen LogP contribution in [0.5, 0.6) is 0 Å². The van der Waals surface area contributed by atoms with Crippen LogP contribution in [-0.4, -0.2) is 72.3 Å². The smallest absolute Gasteiger partial charge is 0.131 e. The molecule has 2 aliphatic rings. The van der Waals surface area contributed by atoms with Gasteiger partial charge in [-0.1, -0.05) is 0 Å².